The molecule has 1 saturated heterocycles. The Morgan fingerprint density at radius 1 is 1.37 bits per heavy atom. The minimum absolute atomic E-state index is 0.0185. The van der Waals surface area contributed by atoms with Gasteiger partial charge in [-0.15, -0.1) is 0 Å². The number of carbonyl (C=O) groups excluding carboxylic acids is 2. The highest BCUT2D eigenvalue weighted by molar-refractivity contribution is 6.01. The molecule has 1 heterocycles. The topological polar surface area (TPSA) is 49.9 Å². The van der Waals surface area contributed by atoms with Gasteiger partial charge in [0.25, 0.3) is 0 Å². The van der Waals surface area contributed by atoms with E-state index >= 15 is 0 Å². The van der Waals surface area contributed by atoms with Crippen LogP contribution < -0.4 is 9.80 Å². The van der Waals surface area contributed by atoms with Crippen LogP contribution in [0.15, 0.2) is 30.9 Å². The maximum absolute atomic E-state index is 12.7. The molecule has 0 spiro atoms. The molecule has 0 unspecified atom stereocenters. The molecule has 1 fully saturated rings. The second-order valence-electron chi connectivity index (χ2n) is 6.49. The van der Waals surface area contributed by atoms with Gasteiger partial charge in [-0.2, -0.15) is 13.2 Å². The summed E-state index contributed by atoms with van der Waals surface area (Å²) in [5.41, 5.74) is 0.689. The van der Waals surface area contributed by atoms with E-state index in [2.05, 4.69) is 6.58 Å². The van der Waals surface area contributed by atoms with Gasteiger partial charge in [0, 0.05) is 25.3 Å². The maximum Gasteiger partial charge on any atom is 0.471 e. The Morgan fingerprint density at radius 3 is 2.67 bits per heavy atom. The molecule has 0 aliphatic carbocycles. The molecule has 2 rings (SSSR count). The third-order valence-corrected chi connectivity index (χ3v) is 4.58. The molecule has 1 amide bonds. The quantitative estimate of drug-likeness (QED) is 0.570. The van der Waals surface area contributed by atoms with Gasteiger partial charge in [0.1, 0.15) is 6.61 Å². The third-order valence-electron chi connectivity index (χ3n) is 4.58. The van der Waals surface area contributed by atoms with Crippen molar-refractivity contribution in [2.45, 2.75) is 38.4 Å². The summed E-state index contributed by atoms with van der Waals surface area (Å²) in [7, 11) is 1.02. The predicted molar refractivity (Wildman–Crippen MR) is 97.0 cm³/mol. The molecule has 0 aromatic heterocycles. The van der Waals surface area contributed by atoms with Crippen LogP contribution in [-0.2, 0) is 9.53 Å². The summed E-state index contributed by atoms with van der Waals surface area (Å²) in [5.74, 6) is -2.68. The number of esters is 1. The monoisotopic (exact) mass is 384 g/mol. The number of anilines is 2. The van der Waals surface area contributed by atoms with Crippen LogP contribution in [0.4, 0.5) is 24.5 Å². The number of halogens is 3. The lowest BCUT2D eigenvalue weighted by atomic mass is 10.0. The van der Waals surface area contributed by atoms with Crippen molar-refractivity contribution in [3.63, 3.8) is 0 Å². The summed E-state index contributed by atoms with van der Waals surface area (Å²) in [6, 6.07) is 4.43. The number of alkyl halides is 3. The first-order chi connectivity index (χ1) is 12.7. The molecule has 27 heavy (non-hydrogen) atoms. The van der Waals surface area contributed by atoms with Crippen LogP contribution >= 0.6 is 0 Å². The number of hydrogen-bond acceptors (Lipinski definition) is 4. The molecule has 1 atom stereocenters. The fraction of sp³-hybridized carbons (Fsp3) is 0.474. The highest BCUT2D eigenvalue weighted by Gasteiger charge is 2.42. The van der Waals surface area contributed by atoms with Crippen LogP contribution in [0.25, 0.3) is 0 Å². The third kappa shape index (κ3) is 4.81. The molecular weight excluding hydrogens is 361 g/mol. The molecule has 1 aliphatic heterocycles. The summed E-state index contributed by atoms with van der Waals surface area (Å²) in [5, 5.41) is 0. The smallest absolute Gasteiger partial charge is 0.458 e. The maximum atomic E-state index is 12.7. The lowest BCUT2D eigenvalue weighted by Crippen LogP contribution is -2.39. The van der Waals surface area contributed by atoms with Crippen molar-refractivity contribution in [3.05, 3.63) is 36.4 Å². The van der Waals surface area contributed by atoms with Gasteiger partial charge in [-0.05, 0) is 44.4 Å². The van der Waals surface area contributed by atoms with E-state index in [1.165, 1.54) is 18.2 Å². The summed E-state index contributed by atoms with van der Waals surface area (Å²) in [6.45, 7) is 6.23. The highest BCUT2D eigenvalue weighted by atomic mass is 19.4. The Labute approximate surface area is 156 Å². The molecule has 5 nitrogen and oxygen atoms in total. The first kappa shape index (κ1) is 20.8. The molecule has 0 saturated carbocycles. The lowest BCUT2D eigenvalue weighted by Gasteiger charge is -2.36. The molecule has 8 heteroatoms. The highest BCUT2D eigenvalue weighted by Crippen LogP contribution is 2.32. The van der Waals surface area contributed by atoms with Crippen molar-refractivity contribution >= 4 is 23.3 Å². The number of amides is 1. The van der Waals surface area contributed by atoms with E-state index in [1.54, 1.807) is 6.07 Å². The van der Waals surface area contributed by atoms with E-state index in [0.29, 0.717) is 10.6 Å². The van der Waals surface area contributed by atoms with E-state index in [4.69, 9.17) is 4.74 Å². The van der Waals surface area contributed by atoms with Crippen LogP contribution in [0.5, 0.6) is 0 Å². The first-order valence-electron chi connectivity index (χ1n) is 8.70. The standard InChI is InChI=1S/C19H23F3N2O3/c1-4-11-27-17(25)15-12-14(23(3)18(26)19(20,21)22)8-9-16(15)24-10-6-5-7-13(24)2/h4,8-9,12-13H,1,5-7,10-11H2,2-3H3/t13-/m0/s1. The number of benzene rings is 1. The van der Waals surface area contributed by atoms with Crippen molar-refractivity contribution in [2.24, 2.45) is 0 Å². The Morgan fingerprint density at radius 2 is 2.07 bits per heavy atom. The van der Waals surface area contributed by atoms with E-state index in [-0.39, 0.29) is 23.9 Å². The summed E-state index contributed by atoms with van der Waals surface area (Å²) >= 11 is 0. The van der Waals surface area contributed by atoms with Gasteiger partial charge in [-0.1, -0.05) is 12.7 Å². The van der Waals surface area contributed by atoms with Crippen LogP contribution in [0.1, 0.15) is 36.5 Å². The number of ether oxygens (including phenoxy) is 1. The zero-order chi connectivity index (χ0) is 20.2. The van der Waals surface area contributed by atoms with E-state index < -0.39 is 18.1 Å². The van der Waals surface area contributed by atoms with Crippen molar-refractivity contribution in [2.75, 3.05) is 30.0 Å². The average Bonchev–Trinajstić information content (AvgIpc) is 2.64. The second kappa shape index (κ2) is 8.45. The first-order valence-corrected chi connectivity index (χ1v) is 8.70. The van der Waals surface area contributed by atoms with Crippen LogP contribution in [-0.4, -0.2) is 44.3 Å². The van der Waals surface area contributed by atoms with Crippen LogP contribution in [0, 0.1) is 0 Å². The van der Waals surface area contributed by atoms with E-state index in [0.717, 1.165) is 32.9 Å². The SMILES string of the molecule is C=CCOC(=O)c1cc(N(C)C(=O)C(F)(F)F)ccc1N1CCCC[C@@H]1C. The Balaban J connectivity index is 2.44. The van der Waals surface area contributed by atoms with Crippen molar-refractivity contribution in [3.8, 4) is 0 Å². The molecule has 148 valence electrons. The fourth-order valence-electron chi connectivity index (χ4n) is 3.12. The van der Waals surface area contributed by atoms with Gasteiger partial charge in [0.05, 0.1) is 11.3 Å². The van der Waals surface area contributed by atoms with Gasteiger partial charge in [-0.25, -0.2) is 4.79 Å². The van der Waals surface area contributed by atoms with Crippen molar-refractivity contribution < 1.29 is 27.5 Å². The average molecular weight is 384 g/mol. The van der Waals surface area contributed by atoms with E-state index in [1.807, 2.05) is 11.8 Å². The minimum Gasteiger partial charge on any atom is -0.458 e. The van der Waals surface area contributed by atoms with Crippen LogP contribution in [0.2, 0.25) is 0 Å². The van der Waals surface area contributed by atoms with Gasteiger partial charge < -0.3 is 14.5 Å². The lowest BCUT2D eigenvalue weighted by molar-refractivity contribution is -0.170. The molecule has 1 aromatic rings. The molecular formula is C19H23F3N2O3. The number of piperidine rings is 1. The van der Waals surface area contributed by atoms with Crippen molar-refractivity contribution in [1.29, 1.82) is 0 Å². The summed E-state index contributed by atoms with van der Waals surface area (Å²) < 4.78 is 43.3. The number of carbonyl (C=O) groups is 2. The largest absolute Gasteiger partial charge is 0.471 e. The van der Waals surface area contributed by atoms with Crippen molar-refractivity contribution in [1.82, 2.24) is 0 Å². The van der Waals surface area contributed by atoms with Crippen LogP contribution in [0.3, 0.4) is 0 Å². The number of nitrogens with zero attached hydrogens (tertiary/aromatic N) is 2. The molecule has 0 bridgehead atoms. The van der Waals surface area contributed by atoms with Gasteiger partial charge in [0.2, 0.25) is 0 Å². The molecule has 0 N–H and O–H groups in total. The number of hydrogen-bond donors (Lipinski definition) is 0. The molecule has 1 aliphatic rings. The summed E-state index contributed by atoms with van der Waals surface area (Å²) in [4.78, 5) is 26.5. The minimum atomic E-state index is -5.00. The van der Waals surface area contributed by atoms with Gasteiger partial charge >= 0.3 is 18.1 Å². The van der Waals surface area contributed by atoms with Gasteiger partial charge in [0.15, 0.2) is 0 Å². The Kier molecular flexibility index (Phi) is 6.51. The predicted octanol–water partition coefficient (Wildman–Crippen LogP) is 3.93. The number of rotatable bonds is 5. The van der Waals surface area contributed by atoms with E-state index in [9.17, 15) is 22.8 Å². The molecule has 1 aromatic carbocycles. The zero-order valence-electron chi connectivity index (χ0n) is 15.4. The summed E-state index contributed by atoms with van der Waals surface area (Å²) in [6.07, 6.45) is -0.605. The normalized spacial score (nSPS) is 17.4. The fourth-order valence-corrected chi connectivity index (χ4v) is 3.12. The Bertz CT molecular complexity index is 719. The zero-order valence-corrected chi connectivity index (χ0v) is 15.4. The van der Waals surface area contributed by atoms with Gasteiger partial charge in [-0.3, -0.25) is 4.79 Å². The Hall–Kier alpha value is -2.51. The molecule has 0 radical (unpaired) electrons. The second-order valence-corrected chi connectivity index (χ2v) is 6.49.